The molecule has 112 valence electrons. The molecule has 2 heterocycles. The Balaban J connectivity index is 1.80. The van der Waals surface area contributed by atoms with Crippen molar-refractivity contribution in [3.63, 3.8) is 0 Å². The van der Waals surface area contributed by atoms with Crippen LogP contribution in [-0.2, 0) is 0 Å². The van der Waals surface area contributed by atoms with Crippen LogP contribution in [-0.4, -0.2) is 34.7 Å². The molecule has 1 unspecified atom stereocenters. The summed E-state index contributed by atoms with van der Waals surface area (Å²) in [6.07, 6.45) is 0.703. The molecule has 3 nitrogen and oxygen atoms in total. The second kappa shape index (κ2) is 5.59. The quantitative estimate of drug-likeness (QED) is 0.912. The maximum atomic E-state index is 13.3. The number of thiophene rings is 1. The van der Waals surface area contributed by atoms with Gasteiger partial charge in [-0.1, -0.05) is 0 Å². The number of amides is 1. The first-order chi connectivity index (χ1) is 9.98. The summed E-state index contributed by atoms with van der Waals surface area (Å²) in [6, 6.07) is 4.55. The molecule has 0 aliphatic carbocycles. The number of hydrogen-bond acceptors (Lipinski definition) is 4. The molecule has 0 radical (unpaired) electrons. The van der Waals surface area contributed by atoms with Crippen LogP contribution in [0.4, 0.5) is 4.39 Å². The maximum Gasteiger partial charge on any atom is 0.261 e. The zero-order valence-corrected chi connectivity index (χ0v) is 13.2. The van der Waals surface area contributed by atoms with Crippen molar-refractivity contribution in [1.82, 2.24) is 5.32 Å². The molecule has 1 atom stereocenters. The van der Waals surface area contributed by atoms with Crippen LogP contribution in [0.3, 0.4) is 0 Å². The third-order valence-electron chi connectivity index (χ3n) is 3.76. The normalized spacial score (nSPS) is 21.9. The highest BCUT2D eigenvalue weighted by atomic mass is 32.2. The second-order valence-corrected chi connectivity index (χ2v) is 7.56. The third-order valence-corrected chi connectivity index (χ3v) is 6.27. The van der Waals surface area contributed by atoms with Gasteiger partial charge in [0.1, 0.15) is 5.82 Å². The van der Waals surface area contributed by atoms with Crippen LogP contribution in [0, 0.1) is 12.7 Å². The van der Waals surface area contributed by atoms with E-state index in [1.807, 2.05) is 6.92 Å². The molecule has 1 aliphatic rings. The van der Waals surface area contributed by atoms with E-state index in [1.165, 1.54) is 23.5 Å². The van der Waals surface area contributed by atoms with Gasteiger partial charge in [-0.05, 0) is 48.2 Å². The van der Waals surface area contributed by atoms with E-state index in [4.69, 9.17) is 0 Å². The Labute approximate surface area is 130 Å². The highest BCUT2D eigenvalue weighted by molar-refractivity contribution is 7.99. The lowest BCUT2D eigenvalue weighted by Gasteiger charge is -2.21. The Kier molecular flexibility index (Phi) is 3.94. The van der Waals surface area contributed by atoms with Gasteiger partial charge in [-0.3, -0.25) is 4.79 Å². The van der Waals surface area contributed by atoms with E-state index in [2.05, 4.69) is 5.32 Å². The third kappa shape index (κ3) is 2.93. The average molecular weight is 325 g/mol. The summed E-state index contributed by atoms with van der Waals surface area (Å²) < 4.78 is 14.2. The van der Waals surface area contributed by atoms with Gasteiger partial charge in [0, 0.05) is 17.0 Å². The minimum Gasteiger partial charge on any atom is -0.387 e. The lowest BCUT2D eigenvalue weighted by Crippen LogP contribution is -2.42. The van der Waals surface area contributed by atoms with E-state index in [0.717, 1.165) is 21.4 Å². The van der Waals surface area contributed by atoms with E-state index in [-0.39, 0.29) is 18.3 Å². The van der Waals surface area contributed by atoms with Crippen molar-refractivity contribution >= 4 is 39.1 Å². The fraction of sp³-hybridized carbons (Fsp3) is 0.400. The Morgan fingerprint density at radius 3 is 3.05 bits per heavy atom. The second-order valence-electron chi connectivity index (χ2n) is 5.41. The van der Waals surface area contributed by atoms with E-state index in [9.17, 15) is 14.3 Å². The molecule has 1 aromatic heterocycles. The van der Waals surface area contributed by atoms with Gasteiger partial charge in [-0.2, -0.15) is 11.8 Å². The van der Waals surface area contributed by atoms with E-state index in [0.29, 0.717) is 17.1 Å². The number of benzene rings is 1. The van der Waals surface area contributed by atoms with Crippen molar-refractivity contribution in [3.05, 3.63) is 34.5 Å². The SMILES string of the molecule is Cc1c(C(=O)NCC2(O)CCSC2)sc2ccc(F)cc12. The number of thioether (sulfide) groups is 1. The molecule has 21 heavy (non-hydrogen) atoms. The summed E-state index contributed by atoms with van der Waals surface area (Å²) in [5.74, 6) is 1.09. The number of nitrogens with one attached hydrogen (secondary N) is 1. The number of hydrogen-bond donors (Lipinski definition) is 2. The zero-order chi connectivity index (χ0) is 15.0. The first kappa shape index (κ1) is 14.8. The molecular weight excluding hydrogens is 309 g/mol. The molecule has 1 aliphatic heterocycles. The Morgan fingerprint density at radius 1 is 1.52 bits per heavy atom. The summed E-state index contributed by atoms with van der Waals surface area (Å²) in [7, 11) is 0. The van der Waals surface area contributed by atoms with E-state index >= 15 is 0 Å². The van der Waals surface area contributed by atoms with Gasteiger partial charge in [0.05, 0.1) is 10.5 Å². The van der Waals surface area contributed by atoms with Crippen molar-refractivity contribution in [2.75, 3.05) is 18.1 Å². The van der Waals surface area contributed by atoms with Crippen molar-refractivity contribution in [3.8, 4) is 0 Å². The number of aryl methyl sites for hydroxylation is 1. The zero-order valence-electron chi connectivity index (χ0n) is 11.6. The summed E-state index contributed by atoms with van der Waals surface area (Å²) in [5.41, 5.74) is -0.00315. The first-order valence-corrected chi connectivity index (χ1v) is 8.73. The van der Waals surface area contributed by atoms with E-state index in [1.54, 1.807) is 17.8 Å². The summed E-state index contributed by atoms with van der Waals surface area (Å²) >= 11 is 3.05. The van der Waals surface area contributed by atoms with Crippen molar-refractivity contribution in [2.45, 2.75) is 18.9 Å². The van der Waals surface area contributed by atoms with Gasteiger partial charge in [-0.15, -0.1) is 11.3 Å². The van der Waals surface area contributed by atoms with Gasteiger partial charge in [0.15, 0.2) is 0 Å². The van der Waals surface area contributed by atoms with Crippen LogP contribution in [0.2, 0.25) is 0 Å². The smallest absolute Gasteiger partial charge is 0.261 e. The van der Waals surface area contributed by atoms with Crippen LogP contribution in [0.1, 0.15) is 21.7 Å². The highest BCUT2D eigenvalue weighted by Crippen LogP contribution is 2.32. The van der Waals surface area contributed by atoms with Crippen LogP contribution in [0.15, 0.2) is 18.2 Å². The first-order valence-electron chi connectivity index (χ1n) is 6.75. The van der Waals surface area contributed by atoms with Gasteiger partial charge in [-0.25, -0.2) is 4.39 Å². The number of fused-ring (bicyclic) bond motifs is 1. The molecular formula is C15H16FNO2S2. The molecule has 1 aromatic carbocycles. The predicted molar refractivity (Wildman–Crippen MR) is 85.7 cm³/mol. The molecule has 1 fully saturated rings. The van der Waals surface area contributed by atoms with Gasteiger partial charge in [0.25, 0.3) is 5.91 Å². The summed E-state index contributed by atoms with van der Waals surface area (Å²) in [6.45, 7) is 2.09. The highest BCUT2D eigenvalue weighted by Gasteiger charge is 2.32. The van der Waals surface area contributed by atoms with Gasteiger partial charge < -0.3 is 10.4 Å². The molecule has 2 aromatic rings. The standard InChI is InChI=1S/C15H16FNO2S2/c1-9-11-6-10(16)2-3-12(11)21-13(9)14(18)17-7-15(19)4-5-20-8-15/h2-3,6,19H,4-5,7-8H2,1H3,(H,17,18). The van der Waals surface area contributed by atoms with Crippen molar-refractivity contribution < 1.29 is 14.3 Å². The minimum absolute atomic E-state index is 0.195. The van der Waals surface area contributed by atoms with Gasteiger partial charge in [0.2, 0.25) is 0 Å². The Bertz CT molecular complexity index is 692. The summed E-state index contributed by atoms with van der Waals surface area (Å²) in [5, 5.41) is 13.8. The predicted octanol–water partition coefficient (Wildman–Crippen LogP) is 2.95. The van der Waals surface area contributed by atoms with Crippen LogP contribution in [0.5, 0.6) is 0 Å². The number of carbonyl (C=O) groups is 1. The van der Waals surface area contributed by atoms with E-state index < -0.39 is 5.60 Å². The van der Waals surface area contributed by atoms with Gasteiger partial charge >= 0.3 is 0 Å². The van der Waals surface area contributed by atoms with Crippen molar-refractivity contribution in [2.24, 2.45) is 0 Å². The average Bonchev–Trinajstić information content (AvgIpc) is 3.02. The lowest BCUT2D eigenvalue weighted by molar-refractivity contribution is 0.0614. The molecule has 1 saturated heterocycles. The fourth-order valence-corrected chi connectivity index (χ4v) is 4.87. The Morgan fingerprint density at radius 2 is 2.33 bits per heavy atom. The van der Waals surface area contributed by atoms with Crippen molar-refractivity contribution in [1.29, 1.82) is 0 Å². The monoisotopic (exact) mass is 325 g/mol. The maximum absolute atomic E-state index is 13.3. The topological polar surface area (TPSA) is 49.3 Å². The number of aliphatic hydroxyl groups is 1. The number of rotatable bonds is 3. The number of halogens is 1. The lowest BCUT2D eigenvalue weighted by atomic mass is 10.0. The molecule has 0 bridgehead atoms. The summed E-state index contributed by atoms with van der Waals surface area (Å²) in [4.78, 5) is 12.9. The largest absolute Gasteiger partial charge is 0.387 e. The molecule has 3 rings (SSSR count). The molecule has 6 heteroatoms. The molecule has 0 saturated carbocycles. The van der Waals surface area contributed by atoms with Crippen LogP contribution in [0.25, 0.3) is 10.1 Å². The molecule has 0 spiro atoms. The molecule has 1 amide bonds. The Hall–Kier alpha value is -1.11. The fourth-order valence-electron chi connectivity index (χ4n) is 2.47. The number of carbonyl (C=O) groups excluding carboxylic acids is 1. The van der Waals surface area contributed by atoms with Crippen LogP contribution >= 0.6 is 23.1 Å². The molecule has 2 N–H and O–H groups in total. The van der Waals surface area contributed by atoms with Crippen LogP contribution < -0.4 is 5.32 Å². The minimum atomic E-state index is -0.795.